The summed E-state index contributed by atoms with van der Waals surface area (Å²) in [5.74, 6) is 1.03. The zero-order valence-corrected chi connectivity index (χ0v) is 12.1. The summed E-state index contributed by atoms with van der Waals surface area (Å²) in [5.41, 5.74) is 9.54. The van der Waals surface area contributed by atoms with Crippen molar-refractivity contribution in [1.82, 2.24) is 4.90 Å². The molecule has 2 aliphatic heterocycles. The first-order valence-corrected chi connectivity index (χ1v) is 7.58. The van der Waals surface area contributed by atoms with Crippen LogP contribution in [0.3, 0.4) is 0 Å². The smallest absolute Gasteiger partial charge is 0.151 e. The summed E-state index contributed by atoms with van der Waals surface area (Å²) in [7, 11) is 0. The Labute approximate surface area is 125 Å². The van der Waals surface area contributed by atoms with E-state index in [1.165, 1.54) is 16.7 Å². The molecule has 2 aliphatic rings. The van der Waals surface area contributed by atoms with Crippen LogP contribution in [0.1, 0.15) is 16.7 Å². The van der Waals surface area contributed by atoms with Crippen LogP contribution in [-0.4, -0.2) is 24.5 Å². The van der Waals surface area contributed by atoms with Gasteiger partial charge in [0.2, 0.25) is 0 Å². The highest BCUT2D eigenvalue weighted by atomic mass is 16.5. The third kappa shape index (κ3) is 2.04. The summed E-state index contributed by atoms with van der Waals surface area (Å²) in [4.78, 5) is 2.41. The highest BCUT2D eigenvalue weighted by Crippen LogP contribution is 2.45. The average molecular weight is 280 g/mol. The lowest BCUT2D eigenvalue weighted by molar-refractivity contribution is 0.0269. The average Bonchev–Trinajstić information content (AvgIpc) is 2.86. The van der Waals surface area contributed by atoms with Gasteiger partial charge in [0.1, 0.15) is 5.75 Å². The minimum Gasteiger partial charge on any atom is -0.481 e. The lowest BCUT2D eigenvalue weighted by atomic mass is 9.82. The summed E-state index contributed by atoms with van der Waals surface area (Å²) in [5, 5.41) is 0. The lowest BCUT2D eigenvalue weighted by Gasteiger charge is -2.41. The van der Waals surface area contributed by atoms with Crippen LogP contribution >= 0.6 is 0 Å². The molecule has 1 unspecified atom stereocenters. The summed E-state index contributed by atoms with van der Waals surface area (Å²) < 4.78 is 6.46. The maximum atomic E-state index is 6.46. The van der Waals surface area contributed by atoms with Gasteiger partial charge in [-0.2, -0.15) is 0 Å². The molecule has 108 valence electrons. The zero-order chi connectivity index (χ0) is 14.3. The van der Waals surface area contributed by atoms with E-state index in [1.807, 2.05) is 6.07 Å². The molecule has 3 heteroatoms. The van der Waals surface area contributed by atoms with Crippen LogP contribution in [0.15, 0.2) is 48.5 Å². The molecule has 0 aromatic heterocycles. The monoisotopic (exact) mass is 280 g/mol. The molecule has 1 spiro atoms. The number of nitrogens with zero attached hydrogens (tertiary/aromatic N) is 1. The fraction of sp³-hybridized carbons (Fsp3) is 0.333. The van der Waals surface area contributed by atoms with Gasteiger partial charge >= 0.3 is 0 Å². The van der Waals surface area contributed by atoms with Gasteiger partial charge in [0.25, 0.3) is 0 Å². The van der Waals surface area contributed by atoms with Gasteiger partial charge in [0, 0.05) is 38.2 Å². The Morgan fingerprint density at radius 1 is 1.05 bits per heavy atom. The molecule has 2 aromatic carbocycles. The topological polar surface area (TPSA) is 38.5 Å². The van der Waals surface area contributed by atoms with Crippen molar-refractivity contribution in [2.45, 2.75) is 18.6 Å². The molecule has 0 fully saturated rings. The van der Waals surface area contributed by atoms with Gasteiger partial charge in [-0.05, 0) is 17.2 Å². The molecule has 0 saturated heterocycles. The predicted molar refractivity (Wildman–Crippen MR) is 83.2 cm³/mol. The quantitative estimate of drug-likeness (QED) is 0.917. The molecular formula is C18H20N2O. The maximum Gasteiger partial charge on any atom is 0.151 e. The number of hydrogen-bond acceptors (Lipinski definition) is 3. The fourth-order valence-corrected chi connectivity index (χ4v) is 3.73. The van der Waals surface area contributed by atoms with E-state index in [2.05, 4.69) is 47.4 Å². The first-order valence-electron chi connectivity index (χ1n) is 7.58. The minimum absolute atomic E-state index is 0.242. The van der Waals surface area contributed by atoms with Crippen molar-refractivity contribution in [2.75, 3.05) is 19.6 Å². The van der Waals surface area contributed by atoms with E-state index in [-0.39, 0.29) is 5.60 Å². The van der Waals surface area contributed by atoms with Gasteiger partial charge in [-0.1, -0.05) is 42.5 Å². The van der Waals surface area contributed by atoms with Crippen LogP contribution in [0.4, 0.5) is 0 Å². The molecule has 0 amide bonds. The minimum atomic E-state index is -0.242. The van der Waals surface area contributed by atoms with E-state index in [9.17, 15) is 0 Å². The van der Waals surface area contributed by atoms with E-state index < -0.39 is 0 Å². The first-order chi connectivity index (χ1) is 10.3. The van der Waals surface area contributed by atoms with Gasteiger partial charge in [-0.3, -0.25) is 4.90 Å². The van der Waals surface area contributed by atoms with Gasteiger partial charge in [0.05, 0.1) is 0 Å². The van der Waals surface area contributed by atoms with Crippen molar-refractivity contribution >= 4 is 0 Å². The summed E-state index contributed by atoms with van der Waals surface area (Å²) in [6.45, 7) is 3.48. The van der Waals surface area contributed by atoms with Gasteiger partial charge < -0.3 is 10.5 Å². The number of benzene rings is 2. The van der Waals surface area contributed by atoms with Crippen LogP contribution in [0, 0.1) is 0 Å². The SMILES string of the molecule is NCCN1Cc2ccccc2C2(Cc3ccccc3O2)C1. The number of ether oxygens (including phenoxy) is 1. The Balaban J connectivity index is 1.78. The molecule has 1 atom stereocenters. The fourth-order valence-electron chi connectivity index (χ4n) is 3.73. The van der Waals surface area contributed by atoms with E-state index in [0.717, 1.165) is 31.8 Å². The number of para-hydroxylation sites is 1. The van der Waals surface area contributed by atoms with Crippen LogP contribution in [-0.2, 0) is 18.6 Å². The maximum absolute atomic E-state index is 6.46. The van der Waals surface area contributed by atoms with E-state index in [1.54, 1.807) is 0 Å². The van der Waals surface area contributed by atoms with Crippen molar-refractivity contribution < 1.29 is 4.74 Å². The standard InChI is InChI=1S/C18H20N2O/c19-9-10-20-12-15-6-1-3-7-16(15)18(13-20)11-14-5-2-4-8-17(14)21-18/h1-8H,9-13,19H2. The summed E-state index contributed by atoms with van der Waals surface area (Å²) >= 11 is 0. The molecule has 2 aromatic rings. The largest absolute Gasteiger partial charge is 0.481 e. The second-order valence-corrected chi connectivity index (χ2v) is 6.04. The van der Waals surface area contributed by atoms with Gasteiger partial charge in [-0.25, -0.2) is 0 Å². The molecule has 2 heterocycles. The van der Waals surface area contributed by atoms with Crippen molar-refractivity contribution in [1.29, 1.82) is 0 Å². The van der Waals surface area contributed by atoms with Gasteiger partial charge in [-0.15, -0.1) is 0 Å². The van der Waals surface area contributed by atoms with Crippen LogP contribution in [0.5, 0.6) is 5.75 Å². The molecule has 2 N–H and O–H groups in total. The predicted octanol–water partition coefficient (Wildman–Crippen LogP) is 2.29. The zero-order valence-electron chi connectivity index (χ0n) is 12.1. The second-order valence-electron chi connectivity index (χ2n) is 6.04. The normalized spacial score (nSPS) is 23.7. The Bertz CT molecular complexity index is 643. The summed E-state index contributed by atoms with van der Waals surface area (Å²) in [6, 6.07) is 17.1. The molecule has 0 aliphatic carbocycles. The molecule has 21 heavy (non-hydrogen) atoms. The Morgan fingerprint density at radius 3 is 2.62 bits per heavy atom. The Morgan fingerprint density at radius 2 is 1.81 bits per heavy atom. The summed E-state index contributed by atoms with van der Waals surface area (Å²) in [6.07, 6.45) is 0.946. The number of nitrogens with two attached hydrogens (primary N) is 1. The lowest BCUT2D eigenvalue weighted by Crippen LogP contribution is -2.49. The van der Waals surface area contributed by atoms with Crippen molar-refractivity contribution in [3.05, 3.63) is 65.2 Å². The van der Waals surface area contributed by atoms with Crippen LogP contribution in [0.2, 0.25) is 0 Å². The molecule has 0 radical (unpaired) electrons. The Hall–Kier alpha value is -1.84. The molecular weight excluding hydrogens is 260 g/mol. The molecule has 0 bridgehead atoms. The number of rotatable bonds is 2. The number of hydrogen-bond donors (Lipinski definition) is 1. The molecule has 3 nitrogen and oxygen atoms in total. The highest BCUT2D eigenvalue weighted by molar-refractivity contribution is 5.46. The van der Waals surface area contributed by atoms with Crippen LogP contribution in [0.25, 0.3) is 0 Å². The Kier molecular flexibility index (Phi) is 2.98. The van der Waals surface area contributed by atoms with Gasteiger partial charge in [0.15, 0.2) is 5.60 Å². The first kappa shape index (κ1) is 12.9. The highest BCUT2D eigenvalue weighted by Gasteiger charge is 2.45. The van der Waals surface area contributed by atoms with Crippen LogP contribution < -0.4 is 10.5 Å². The second kappa shape index (κ2) is 4.86. The van der Waals surface area contributed by atoms with Crippen molar-refractivity contribution in [2.24, 2.45) is 5.73 Å². The van der Waals surface area contributed by atoms with E-state index >= 15 is 0 Å². The third-order valence-electron chi connectivity index (χ3n) is 4.58. The van der Waals surface area contributed by atoms with E-state index in [4.69, 9.17) is 10.5 Å². The van der Waals surface area contributed by atoms with Crippen molar-refractivity contribution in [3.63, 3.8) is 0 Å². The van der Waals surface area contributed by atoms with Crippen molar-refractivity contribution in [3.8, 4) is 5.75 Å². The molecule has 4 rings (SSSR count). The van der Waals surface area contributed by atoms with E-state index in [0.29, 0.717) is 6.54 Å². The number of fused-ring (bicyclic) bond motifs is 3. The third-order valence-corrected chi connectivity index (χ3v) is 4.58. The molecule has 0 saturated carbocycles.